The molecule has 1 saturated heterocycles. The van der Waals surface area contributed by atoms with E-state index in [-0.39, 0.29) is 5.92 Å². The van der Waals surface area contributed by atoms with Crippen LogP contribution in [0.25, 0.3) is 11.1 Å². The largest absolute Gasteiger partial charge is 0.281 e. The molecule has 0 N–H and O–H groups in total. The molecule has 1 atom stereocenters. The van der Waals surface area contributed by atoms with E-state index in [4.69, 9.17) is 4.98 Å². The summed E-state index contributed by atoms with van der Waals surface area (Å²) < 4.78 is 27.8. The lowest BCUT2D eigenvalue weighted by Gasteiger charge is -2.33. The Kier molecular flexibility index (Phi) is 5.22. The van der Waals surface area contributed by atoms with Crippen molar-refractivity contribution in [2.24, 2.45) is 0 Å². The summed E-state index contributed by atoms with van der Waals surface area (Å²) >= 11 is 0. The molecule has 0 saturated carbocycles. The first-order chi connectivity index (χ1) is 11.9. The molecule has 0 radical (unpaired) electrons. The van der Waals surface area contributed by atoms with Gasteiger partial charge in [0.25, 0.3) is 10.2 Å². The van der Waals surface area contributed by atoms with Crippen molar-refractivity contribution in [3.63, 3.8) is 0 Å². The van der Waals surface area contributed by atoms with Gasteiger partial charge in [-0.2, -0.15) is 17.0 Å². The topological polar surface area (TPSA) is 53.5 Å². The quantitative estimate of drug-likeness (QED) is 0.843. The second-order valence-corrected chi connectivity index (χ2v) is 8.92. The summed E-state index contributed by atoms with van der Waals surface area (Å²) in [6, 6.07) is 14.4. The molecule has 1 aliphatic rings. The van der Waals surface area contributed by atoms with Crippen LogP contribution in [0.15, 0.2) is 42.5 Å². The second kappa shape index (κ2) is 7.23. The Bertz CT molecular complexity index is 835. The summed E-state index contributed by atoms with van der Waals surface area (Å²) in [5.41, 5.74) is 4.24. The molecule has 1 aromatic carbocycles. The molecular formula is C19H25N3O2S. The van der Waals surface area contributed by atoms with E-state index in [0.717, 1.165) is 35.4 Å². The molecule has 25 heavy (non-hydrogen) atoms. The summed E-state index contributed by atoms with van der Waals surface area (Å²) in [6.07, 6.45) is 1.82. The Hall–Kier alpha value is -1.76. The predicted molar refractivity (Wildman–Crippen MR) is 101 cm³/mol. The molecule has 1 aromatic heterocycles. The summed E-state index contributed by atoms with van der Waals surface area (Å²) in [5, 5.41) is 0. The first kappa shape index (κ1) is 18.0. The van der Waals surface area contributed by atoms with E-state index in [9.17, 15) is 8.42 Å². The average Bonchev–Trinajstić information content (AvgIpc) is 2.62. The minimum Gasteiger partial charge on any atom is -0.258 e. The van der Waals surface area contributed by atoms with Crippen LogP contribution in [0.3, 0.4) is 0 Å². The van der Waals surface area contributed by atoms with E-state index in [1.807, 2.05) is 25.1 Å². The highest BCUT2D eigenvalue weighted by atomic mass is 32.2. The molecule has 2 heterocycles. The molecule has 5 nitrogen and oxygen atoms in total. The van der Waals surface area contributed by atoms with Gasteiger partial charge in [-0.15, -0.1) is 0 Å². The highest BCUT2D eigenvalue weighted by Gasteiger charge is 2.31. The number of pyridine rings is 1. The van der Waals surface area contributed by atoms with Crippen molar-refractivity contribution in [1.82, 2.24) is 13.6 Å². The third kappa shape index (κ3) is 3.92. The van der Waals surface area contributed by atoms with E-state index in [1.165, 1.54) is 4.31 Å². The van der Waals surface area contributed by atoms with E-state index in [0.29, 0.717) is 13.1 Å². The molecule has 1 fully saturated rings. The third-order valence-electron chi connectivity index (χ3n) is 4.67. The smallest absolute Gasteiger partial charge is 0.258 e. The standard InChI is InChI=1S/C19H25N3O2S/c1-15-12-18(16-8-5-4-6-9-16)13-19(20-15)17-10-7-11-22(14-17)25(23,24)21(2)3/h4-6,8-9,12-13,17H,7,10-11,14H2,1-3H3/t17-/m0/s1. The van der Waals surface area contributed by atoms with Crippen LogP contribution in [-0.4, -0.2) is 49.2 Å². The van der Waals surface area contributed by atoms with Crippen LogP contribution in [0.2, 0.25) is 0 Å². The van der Waals surface area contributed by atoms with Crippen LogP contribution in [-0.2, 0) is 10.2 Å². The zero-order valence-corrected chi connectivity index (χ0v) is 15.8. The van der Waals surface area contributed by atoms with Crippen LogP contribution in [0.4, 0.5) is 0 Å². The van der Waals surface area contributed by atoms with Gasteiger partial charge in [-0.25, -0.2) is 0 Å². The van der Waals surface area contributed by atoms with Gasteiger partial charge in [-0.3, -0.25) is 4.98 Å². The van der Waals surface area contributed by atoms with Crippen LogP contribution in [0.1, 0.15) is 30.1 Å². The lowest BCUT2D eigenvalue weighted by molar-refractivity contribution is 0.296. The van der Waals surface area contributed by atoms with Gasteiger partial charge in [0.05, 0.1) is 0 Å². The zero-order valence-electron chi connectivity index (χ0n) is 15.0. The molecule has 6 heteroatoms. The van der Waals surface area contributed by atoms with Crippen LogP contribution >= 0.6 is 0 Å². The minimum atomic E-state index is -3.37. The minimum absolute atomic E-state index is 0.130. The van der Waals surface area contributed by atoms with Crippen molar-refractivity contribution in [1.29, 1.82) is 0 Å². The Morgan fingerprint density at radius 3 is 2.52 bits per heavy atom. The number of rotatable bonds is 4. The number of nitrogens with zero attached hydrogens (tertiary/aromatic N) is 3. The predicted octanol–water partition coefficient (Wildman–Crippen LogP) is 3.04. The summed E-state index contributed by atoms with van der Waals surface area (Å²) in [6.45, 7) is 3.06. The Morgan fingerprint density at radius 1 is 1.12 bits per heavy atom. The van der Waals surface area contributed by atoms with Crippen molar-refractivity contribution in [2.45, 2.75) is 25.7 Å². The number of benzene rings is 1. The number of aromatic nitrogens is 1. The van der Waals surface area contributed by atoms with E-state index >= 15 is 0 Å². The summed E-state index contributed by atoms with van der Waals surface area (Å²) in [4.78, 5) is 4.71. The average molecular weight is 359 g/mol. The Labute approximate surface area is 150 Å². The fraction of sp³-hybridized carbons (Fsp3) is 0.421. The lowest BCUT2D eigenvalue weighted by Crippen LogP contribution is -2.45. The molecular weight excluding hydrogens is 334 g/mol. The van der Waals surface area contributed by atoms with Gasteiger partial charge in [-0.1, -0.05) is 30.3 Å². The summed E-state index contributed by atoms with van der Waals surface area (Å²) in [7, 11) is -0.213. The van der Waals surface area contributed by atoms with E-state index in [1.54, 1.807) is 18.4 Å². The van der Waals surface area contributed by atoms with Crippen molar-refractivity contribution < 1.29 is 8.42 Å². The molecule has 0 aliphatic carbocycles. The number of piperidine rings is 1. The number of hydrogen-bond acceptors (Lipinski definition) is 3. The maximum absolute atomic E-state index is 12.4. The van der Waals surface area contributed by atoms with Crippen LogP contribution < -0.4 is 0 Å². The van der Waals surface area contributed by atoms with Gasteiger partial charge in [0.2, 0.25) is 0 Å². The fourth-order valence-electron chi connectivity index (χ4n) is 3.32. The molecule has 0 spiro atoms. The van der Waals surface area contributed by atoms with Gasteiger partial charge >= 0.3 is 0 Å². The van der Waals surface area contributed by atoms with E-state index < -0.39 is 10.2 Å². The highest BCUT2D eigenvalue weighted by Crippen LogP contribution is 2.30. The second-order valence-electron chi connectivity index (χ2n) is 6.78. The summed E-state index contributed by atoms with van der Waals surface area (Å²) in [5.74, 6) is 0.130. The van der Waals surface area contributed by atoms with Crippen molar-refractivity contribution in [3.8, 4) is 11.1 Å². The molecule has 1 aliphatic heterocycles. The normalized spacial score (nSPS) is 19.3. The highest BCUT2D eigenvalue weighted by molar-refractivity contribution is 7.86. The van der Waals surface area contributed by atoms with Crippen LogP contribution in [0.5, 0.6) is 0 Å². The van der Waals surface area contributed by atoms with Gasteiger partial charge < -0.3 is 0 Å². The van der Waals surface area contributed by atoms with Gasteiger partial charge in [0.15, 0.2) is 0 Å². The Morgan fingerprint density at radius 2 is 1.84 bits per heavy atom. The van der Waals surface area contributed by atoms with Gasteiger partial charge in [-0.05, 0) is 43.0 Å². The Balaban J connectivity index is 1.90. The molecule has 0 unspecified atom stereocenters. The molecule has 134 valence electrons. The molecule has 0 bridgehead atoms. The first-order valence-electron chi connectivity index (χ1n) is 8.59. The molecule has 2 aromatic rings. The third-order valence-corrected chi connectivity index (χ3v) is 6.58. The maximum Gasteiger partial charge on any atom is 0.281 e. The van der Waals surface area contributed by atoms with Crippen LogP contribution in [0, 0.1) is 6.92 Å². The van der Waals surface area contributed by atoms with E-state index in [2.05, 4.69) is 24.3 Å². The fourth-order valence-corrected chi connectivity index (χ4v) is 4.51. The van der Waals surface area contributed by atoms with Crippen molar-refractivity contribution in [2.75, 3.05) is 27.2 Å². The van der Waals surface area contributed by atoms with Crippen molar-refractivity contribution >= 4 is 10.2 Å². The zero-order chi connectivity index (χ0) is 18.0. The number of aryl methyl sites for hydroxylation is 1. The van der Waals surface area contributed by atoms with Gasteiger partial charge in [0.1, 0.15) is 0 Å². The SMILES string of the molecule is Cc1cc(-c2ccccc2)cc([C@H]2CCCN(S(=O)(=O)N(C)C)C2)n1. The number of hydrogen-bond donors (Lipinski definition) is 0. The van der Waals surface area contributed by atoms with Gasteiger partial charge in [0, 0.05) is 44.5 Å². The van der Waals surface area contributed by atoms with Crippen molar-refractivity contribution in [3.05, 3.63) is 53.9 Å². The monoisotopic (exact) mass is 359 g/mol. The lowest BCUT2D eigenvalue weighted by atomic mass is 9.93. The molecule has 0 amide bonds. The molecule has 3 rings (SSSR count). The maximum atomic E-state index is 12.4. The first-order valence-corrected chi connectivity index (χ1v) is 9.99.